The predicted molar refractivity (Wildman–Crippen MR) is 79.5 cm³/mol. The van der Waals surface area contributed by atoms with E-state index in [0.717, 1.165) is 5.56 Å². The average molecular weight is 321 g/mol. The number of cyclic esters (lactones) is 2. The maximum Gasteiger partial charge on any atom is 0.404 e. The molecule has 2 rings (SSSR count). The van der Waals surface area contributed by atoms with Gasteiger partial charge in [0.1, 0.15) is 0 Å². The van der Waals surface area contributed by atoms with Gasteiger partial charge in [-0.25, -0.2) is 4.79 Å². The molecule has 0 aliphatic carbocycles. The number of hydrogen-bond donors (Lipinski definition) is 2. The highest BCUT2D eigenvalue weighted by Crippen LogP contribution is 2.26. The van der Waals surface area contributed by atoms with Crippen molar-refractivity contribution < 1.29 is 29.0 Å². The van der Waals surface area contributed by atoms with E-state index in [-0.39, 0.29) is 6.42 Å². The number of amides is 1. The van der Waals surface area contributed by atoms with Crippen molar-refractivity contribution in [2.45, 2.75) is 38.5 Å². The molecule has 1 amide bonds. The number of carboxylic acid groups (broad SMARTS) is 1. The van der Waals surface area contributed by atoms with Crippen molar-refractivity contribution in [3.05, 3.63) is 35.9 Å². The quantitative estimate of drug-likeness (QED) is 0.632. The monoisotopic (exact) mass is 321 g/mol. The second kappa shape index (κ2) is 6.68. The summed E-state index contributed by atoms with van der Waals surface area (Å²) >= 11 is 0. The molecule has 1 aromatic rings. The summed E-state index contributed by atoms with van der Waals surface area (Å²) in [7, 11) is 0. The first kappa shape index (κ1) is 16.8. The van der Waals surface area contributed by atoms with E-state index in [0.29, 0.717) is 6.42 Å². The van der Waals surface area contributed by atoms with Crippen molar-refractivity contribution in [2.24, 2.45) is 5.92 Å². The molecule has 1 atom stereocenters. The number of benzene rings is 1. The fourth-order valence-corrected chi connectivity index (χ4v) is 2.49. The van der Waals surface area contributed by atoms with Crippen LogP contribution in [0.1, 0.15) is 25.8 Å². The Labute approximate surface area is 133 Å². The van der Waals surface area contributed by atoms with E-state index in [1.165, 1.54) is 13.8 Å². The van der Waals surface area contributed by atoms with Crippen LogP contribution in [0.2, 0.25) is 0 Å². The number of carbonyl (C=O) groups excluding carboxylic acids is 2. The third-order valence-corrected chi connectivity index (χ3v) is 3.43. The highest BCUT2D eigenvalue weighted by molar-refractivity contribution is 5.96. The standard InChI is InChI=1S/C16H19NO6/c1-16(2)22-13(18)12(14(19)23-16)9-11(17-15(20)21)8-10-6-4-3-5-7-10/h3-7,11-12,17H,8-9H2,1-2H3,(H,20,21). The molecule has 1 aliphatic rings. The molecule has 124 valence electrons. The average Bonchev–Trinajstić information content (AvgIpc) is 2.42. The molecule has 1 fully saturated rings. The zero-order valence-corrected chi connectivity index (χ0v) is 12.9. The van der Waals surface area contributed by atoms with Crippen molar-refractivity contribution in [2.75, 3.05) is 0 Å². The predicted octanol–water partition coefficient (Wildman–Crippen LogP) is 1.71. The summed E-state index contributed by atoms with van der Waals surface area (Å²) in [6.45, 7) is 2.94. The molecule has 7 nitrogen and oxygen atoms in total. The van der Waals surface area contributed by atoms with Crippen LogP contribution in [-0.2, 0) is 25.5 Å². The van der Waals surface area contributed by atoms with Crippen LogP contribution in [0.4, 0.5) is 4.79 Å². The minimum Gasteiger partial charge on any atom is -0.465 e. The van der Waals surface area contributed by atoms with E-state index in [1.807, 2.05) is 30.3 Å². The van der Waals surface area contributed by atoms with E-state index in [9.17, 15) is 14.4 Å². The van der Waals surface area contributed by atoms with Crippen molar-refractivity contribution in [3.8, 4) is 0 Å². The number of nitrogens with one attached hydrogen (secondary N) is 1. The van der Waals surface area contributed by atoms with Gasteiger partial charge in [0, 0.05) is 19.9 Å². The lowest BCUT2D eigenvalue weighted by molar-refractivity contribution is -0.240. The lowest BCUT2D eigenvalue weighted by Crippen LogP contribution is -2.49. The molecule has 1 unspecified atom stereocenters. The Bertz CT molecular complexity index is 578. The van der Waals surface area contributed by atoms with Gasteiger partial charge >= 0.3 is 18.0 Å². The van der Waals surface area contributed by atoms with Gasteiger partial charge in [0.25, 0.3) is 5.79 Å². The fraction of sp³-hybridized carbons (Fsp3) is 0.438. The summed E-state index contributed by atoms with van der Waals surface area (Å²) in [6.07, 6.45) is -0.883. The smallest absolute Gasteiger partial charge is 0.404 e. The number of hydrogen-bond acceptors (Lipinski definition) is 5. The van der Waals surface area contributed by atoms with Crippen LogP contribution in [0.3, 0.4) is 0 Å². The molecular formula is C16H19NO6. The highest BCUT2D eigenvalue weighted by atomic mass is 16.7. The molecule has 1 aromatic carbocycles. The summed E-state index contributed by atoms with van der Waals surface area (Å²) in [4.78, 5) is 35.0. The minimum atomic E-state index is -1.29. The SMILES string of the molecule is CC1(C)OC(=O)C(CC(Cc2ccccc2)NC(=O)O)C(=O)O1. The van der Waals surface area contributed by atoms with Gasteiger partial charge in [0.05, 0.1) is 0 Å². The number of ether oxygens (including phenoxy) is 2. The van der Waals surface area contributed by atoms with Gasteiger partial charge in [-0.15, -0.1) is 0 Å². The molecule has 0 spiro atoms. The normalized spacial score (nSPS) is 18.7. The molecule has 7 heteroatoms. The number of rotatable bonds is 5. The second-order valence-electron chi connectivity index (χ2n) is 5.87. The van der Waals surface area contributed by atoms with Crippen molar-refractivity contribution in [1.29, 1.82) is 0 Å². The van der Waals surface area contributed by atoms with E-state index in [1.54, 1.807) is 0 Å². The largest absolute Gasteiger partial charge is 0.465 e. The van der Waals surface area contributed by atoms with Crippen LogP contribution in [0, 0.1) is 5.92 Å². The van der Waals surface area contributed by atoms with Gasteiger partial charge in [-0.1, -0.05) is 30.3 Å². The molecule has 23 heavy (non-hydrogen) atoms. The van der Waals surface area contributed by atoms with E-state index >= 15 is 0 Å². The van der Waals surface area contributed by atoms with Crippen LogP contribution >= 0.6 is 0 Å². The van der Waals surface area contributed by atoms with Gasteiger partial charge in [-0.05, 0) is 18.4 Å². The first-order chi connectivity index (χ1) is 10.8. The van der Waals surface area contributed by atoms with Crippen LogP contribution in [0.5, 0.6) is 0 Å². The summed E-state index contributed by atoms with van der Waals surface area (Å²) in [6, 6.07) is 8.59. The molecule has 2 N–H and O–H groups in total. The van der Waals surface area contributed by atoms with Crippen LogP contribution < -0.4 is 5.32 Å². The Hall–Kier alpha value is -2.57. The zero-order valence-electron chi connectivity index (χ0n) is 12.9. The van der Waals surface area contributed by atoms with Gasteiger partial charge < -0.3 is 19.9 Å². The Morgan fingerprint density at radius 2 is 1.78 bits per heavy atom. The van der Waals surface area contributed by atoms with Crippen molar-refractivity contribution in [1.82, 2.24) is 5.32 Å². The Morgan fingerprint density at radius 3 is 2.30 bits per heavy atom. The summed E-state index contributed by atoms with van der Waals surface area (Å²) < 4.78 is 10.1. The maximum atomic E-state index is 12.0. The van der Waals surface area contributed by atoms with Gasteiger partial charge in [-0.3, -0.25) is 9.59 Å². The Balaban J connectivity index is 2.09. The maximum absolute atomic E-state index is 12.0. The molecule has 0 radical (unpaired) electrons. The summed E-state index contributed by atoms with van der Waals surface area (Å²) in [5.41, 5.74) is 0.893. The van der Waals surface area contributed by atoms with E-state index in [4.69, 9.17) is 14.6 Å². The Morgan fingerprint density at radius 1 is 1.22 bits per heavy atom. The molecule has 1 saturated heterocycles. The lowest BCUT2D eigenvalue weighted by atomic mass is 9.94. The highest BCUT2D eigenvalue weighted by Gasteiger charge is 2.44. The number of carbonyl (C=O) groups is 3. The molecule has 0 aromatic heterocycles. The Kier molecular flexibility index (Phi) is 4.88. The number of esters is 2. The van der Waals surface area contributed by atoms with E-state index in [2.05, 4.69) is 5.32 Å². The minimum absolute atomic E-state index is 0.0189. The second-order valence-corrected chi connectivity index (χ2v) is 5.87. The summed E-state index contributed by atoms with van der Waals surface area (Å²) in [5, 5.41) is 11.3. The zero-order chi connectivity index (χ0) is 17.0. The van der Waals surface area contributed by atoms with Crippen LogP contribution in [0.15, 0.2) is 30.3 Å². The third kappa shape index (κ3) is 4.70. The molecule has 0 saturated carbocycles. The van der Waals surface area contributed by atoms with Gasteiger partial charge in [0.2, 0.25) is 0 Å². The molecule has 1 heterocycles. The third-order valence-electron chi connectivity index (χ3n) is 3.43. The summed E-state index contributed by atoms with van der Waals surface area (Å²) in [5.74, 6) is -3.82. The van der Waals surface area contributed by atoms with Crippen LogP contribution in [0.25, 0.3) is 0 Å². The van der Waals surface area contributed by atoms with Gasteiger partial charge in [-0.2, -0.15) is 0 Å². The topological polar surface area (TPSA) is 102 Å². The molecular weight excluding hydrogens is 302 g/mol. The van der Waals surface area contributed by atoms with Gasteiger partial charge in [0.15, 0.2) is 5.92 Å². The van der Waals surface area contributed by atoms with Crippen LogP contribution in [-0.4, -0.2) is 35.0 Å². The first-order valence-corrected chi connectivity index (χ1v) is 7.26. The molecule has 0 bridgehead atoms. The lowest BCUT2D eigenvalue weighted by Gasteiger charge is -2.34. The first-order valence-electron chi connectivity index (χ1n) is 7.26. The van der Waals surface area contributed by atoms with Crippen molar-refractivity contribution in [3.63, 3.8) is 0 Å². The molecule has 1 aliphatic heterocycles. The van der Waals surface area contributed by atoms with Crippen molar-refractivity contribution >= 4 is 18.0 Å². The fourth-order valence-electron chi connectivity index (χ4n) is 2.49. The van der Waals surface area contributed by atoms with E-state index < -0.39 is 35.8 Å².